The quantitative estimate of drug-likeness (QED) is 0.636. The molecule has 0 aromatic carbocycles. The summed E-state index contributed by atoms with van der Waals surface area (Å²) in [5.74, 6) is -1.61. The number of hydrogen-bond donors (Lipinski definition) is 1. The van der Waals surface area contributed by atoms with Crippen LogP contribution in [0.1, 0.15) is 33.1 Å². The van der Waals surface area contributed by atoms with E-state index in [0.29, 0.717) is 6.42 Å². The average Bonchev–Trinajstić information content (AvgIpc) is 1.96. The molecule has 0 aliphatic heterocycles. The summed E-state index contributed by atoms with van der Waals surface area (Å²) in [4.78, 5) is 20.9. The van der Waals surface area contributed by atoms with Gasteiger partial charge in [-0.2, -0.15) is 0 Å². The molecule has 0 heterocycles. The molecular weight excluding hydrogens is 160 g/mol. The summed E-state index contributed by atoms with van der Waals surface area (Å²) < 4.78 is 4.58. The van der Waals surface area contributed by atoms with E-state index in [0.717, 1.165) is 12.8 Å². The van der Waals surface area contributed by atoms with E-state index in [1.165, 1.54) is 6.92 Å². The molecule has 70 valence electrons. The van der Waals surface area contributed by atoms with Gasteiger partial charge in [0.05, 0.1) is 0 Å². The van der Waals surface area contributed by atoms with Gasteiger partial charge in [0.15, 0.2) is 6.10 Å². The largest absolute Gasteiger partial charge is 0.479 e. The average molecular weight is 174 g/mol. The fraction of sp³-hybridized carbons (Fsp3) is 0.750. The summed E-state index contributed by atoms with van der Waals surface area (Å²) in [6, 6.07) is 0. The Morgan fingerprint density at radius 1 is 1.50 bits per heavy atom. The van der Waals surface area contributed by atoms with Gasteiger partial charge in [-0.3, -0.25) is 4.79 Å². The Kier molecular flexibility index (Phi) is 5.08. The van der Waals surface area contributed by atoms with E-state index in [2.05, 4.69) is 4.74 Å². The fourth-order valence-electron chi connectivity index (χ4n) is 0.823. The third-order valence-electron chi connectivity index (χ3n) is 1.40. The lowest BCUT2D eigenvalue weighted by Gasteiger charge is -2.10. The molecule has 1 atom stereocenters. The molecule has 1 N–H and O–H groups in total. The van der Waals surface area contributed by atoms with E-state index >= 15 is 0 Å². The topological polar surface area (TPSA) is 63.6 Å². The number of rotatable bonds is 5. The van der Waals surface area contributed by atoms with Crippen LogP contribution >= 0.6 is 0 Å². The summed E-state index contributed by atoms with van der Waals surface area (Å²) in [7, 11) is 0. The molecule has 0 aromatic rings. The second-order valence-corrected chi connectivity index (χ2v) is 2.58. The van der Waals surface area contributed by atoms with Gasteiger partial charge >= 0.3 is 11.9 Å². The van der Waals surface area contributed by atoms with Crippen molar-refractivity contribution in [2.75, 3.05) is 0 Å². The van der Waals surface area contributed by atoms with E-state index in [9.17, 15) is 9.59 Å². The summed E-state index contributed by atoms with van der Waals surface area (Å²) in [5.41, 5.74) is 0. The summed E-state index contributed by atoms with van der Waals surface area (Å²) in [5, 5.41) is 8.57. The molecule has 0 saturated heterocycles. The highest BCUT2D eigenvalue weighted by molar-refractivity contribution is 5.76. The van der Waals surface area contributed by atoms with Crippen LogP contribution in [0, 0.1) is 0 Å². The maximum atomic E-state index is 10.5. The van der Waals surface area contributed by atoms with Gasteiger partial charge in [-0.1, -0.05) is 13.3 Å². The number of ether oxygens (including phenoxy) is 1. The zero-order chi connectivity index (χ0) is 9.56. The Bertz CT molecular complexity index is 164. The number of aliphatic carboxylic acids is 1. The van der Waals surface area contributed by atoms with Gasteiger partial charge in [-0.25, -0.2) is 4.79 Å². The van der Waals surface area contributed by atoms with Crippen molar-refractivity contribution in [2.24, 2.45) is 0 Å². The fourth-order valence-corrected chi connectivity index (χ4v) is 0.823. The highest BCUT2D eigenvalue weighted by Gasteiger charge is 2.19. The first-order chi connectivity index (χ1) is 5.57. The predicted octanol–water partition coefficient (Wildman–Crippen LogP) is 1.19. The van der Waals surface area contributed by atoms with Crippen LogP contribution in [-0.2, 0) is 14.3 Å². The van der Waals surface area contributed by atoms with E-state index in [4.69, 9.17) is 5.11 Å². The number of hydrogen-bond acceptors (Lipinski definition) is 3. The van der Waals surface area contributed by atoms with Crippen molar-refractivity contribution in [3.8, 4) is 0 Å². The Morgan fingerprint density at radius 3 is 2.42 bits per heavy atom. The van der Waals surface area contributed by atoms with E-state index < -0.39 is 18.0 Å². The third kappa shape index (κ3) is 4.71. The van der Waals surface area contributed by atoms with Crippen molar-refractivity contribution >= 4 is 11.9 Å². The van der Waals surface area contributed by atoms with Gasteiger partial charge in [0.2, 0.25) is 0 Å². The second kappa shape index (κ2) is 5.57. The SMILES string of the molecule is CCCCC(OC(C)=O)C(=O)O. The Labute approximate surface area is 71.5 Å². The van der Waals surface area contributed by atoms with Gasteiger partial charge in [0.1, 0.15) is 0 Å². The first-order valence-electron chi connectivity index (χ1n) is 3.98. The van der Waals surface area contributed by atoms with Crippen molar-refractivity contribution in [1.29, 1.82) is 0 Å². The summed E-state index contributed by atoms with van der Waals surface area (Å²) in [6.45, 7) is 3.16. The first kappa shape index (κ1) is 10.9. The Morgan fingerprint density at radius 2 is 2.08 bits per heavy atom. The number of unbranched alkanes of at least 4 members (excludes halogenated alkanes) is 1. The Hall–Kier alpha value is -1.06. The van der Waals surface area contributed by atoms with Crippen LogP contribution in [0.3, 0.4) is 0 Å². The number of carboxylic acids is 1. The highest BCUT2D eigenvalue weighted by atomic mass is 16.6. The second-order valence-electron chi connectivity index (χ2n) is 2.58. The molecule has 0 amide bonds. The molecule has 0 fully saturated rings. The van der Waals surface area contributed by atoms with E-state index in [1.807, 2.05) is 6.92 Å². The molecule has 1 unspecified atom stereocenters. The van der Waals surface area contributed by atoms with E-state index in [-0.39, 0.29) is 0 Å². The van der Waals surface area contributed by atoms with Crippen molar-refractivity contribution in [3.63, 3.8) is 0 Å². The predicted molar refractivity (Wildman–Crippen MR) is 42.7 cm³/mol. The molecule has 0 radical (unpaired) electrons. The summed E-state index contributed by atoms with van der Waals surface area (Å²) in [6.07, 6.45) is 1.07. The molecule has 0 saturated carbocycles. The smallest absolute Gasteiger partial charge is 0.345 e. The van der Waals surface area contributed by atoms with Crippen LogP contribution in [0.5, 0.6) is 0 Å². The highest BCUT2D eigenvalue weighted by Crippen LogP contribution is 2.05. The molecule has 0 aliphatic rings. The van der Waals surface area contributed by atoms with Gasteiger partial charge in [0, 0.05) is 6.92 Å². The third-order valence-corrected chi connectivity index (χ3v) is 1.40. The van der Waals surface area contributed by atoms with Crippen molar-refractivity contribution in [3.05, 3.63) is 0 Å². The minimum atomic E-state index is -1.07. The molecule has 0 spiro atoms. The maximum absolute atomic E-state index is 10.5. The van der Waals surface area contributed by atoms with Crippen LogP contribution in [0.15, 0.2) is 0 Å². The monoisotopic (exact) mass is 174 g/mol. The zero-order valence-corrected chi connectivity index (χ0v) is 7.37. The molecule has 0 rings (SSSR count). The van der Waals surface area contributed by atoms with Crippen molar-refractivity contribution < 1.29 is 19.4 Å². The minimum absolute atomic E-state index is 0.394. The van der Waals surface area contributed by atoms with Gasteiger partial charge < -0.3 is 9.84 Å². The molecule has 0 bridgehead atoms. The molecular formula is C8H14O4. The molecule has 12 heavy (non-hydrogen) atoms. The lowest BCUT2D eigenvalue weighted by Crippen LogP contribution is -2.25. The van der Waals surface area contributed by atoms with Crippen molar-refractivity contribution in [1.82, 2.24) is 0 Å². The standard InChI is InChI=1S/C8H14O4/c1-3-4-5-7(8(10)11)12-6(2)9/h7H,3-5H2,1-2H3,(H,10,11). The number of carbonyl (C=O) groups excluding carboxylic acids is 1. The lowest BCUT2D eigenvalue weighted by atomic mass is 10.1. The van der Waals surface area contributed by atoms with Gasteiger partial charge in [-0.15, -0.1) is 0 Å². The van der Waals surface area contributed by atoms with Crippen LogP contribution in [0.25, 0.3) is 0 Å². The first-order valence-corrected chi connectivity index (χ1v) is 3.98. The maximum Gasteiger partial charge on any atom is 0.345 e. The van der Waals surface area contributed by atoms with Crippen molar-refractivity contribution in [2.45, 2.75) is 39.2 Å². The summed E-state index contributed by atoms with van der Waals surface area (Å²) >= 11 is 0. The molecule has 4 nitrogen and oxygen atoms in total. The molecule has 0 aromatic heterocycles. The number of carboxylic acid groups (broad SMARTS) is 1. The molecule has 0 aliphatic carbocycles. The Balaban J connectivity index is 3.87. The molecule has 4 heteroatoms. The van der Waals surface area contributed by atoms with Crippen LogP contribution in [0.4, 0.5) is 0 Å². The number of carbonyl (C=O) groups is 2. The number of esters is 1. The van der Waals surface area contributed by atoms with Crippen LogP contribution in [0.2, 0.25) is 0 Å². The van der Waals surface area contributed by atoms with E-state index in [1.54, 1.807) is 0 Å². The van der Waals surface area contributed by atoms with Crippen LogP contribution in [-0.4, -0.2) is 23.1 Å². The van der Waals surface area contributed by atoms with Crippen LogP contribution < -0.4 is 0 Å². The minimum Gasteiger partial charge on any atom is -0.479 e. The van der Waals surface area contributed by atoms with Gasteiger partial charge in [0.25, 0.3) is 0 Å². The lowest BCUT2D eigenvalue weighted by molar-refractivity contribution is -0.162. The normalized spacial score (nSPS) is 12.2. The van der Waals surface area contributed by atoms with Gasteiger partial charge in [-0.05, 0) is 12.8 Å². The zero-order valence-electron chi connectivity index (χ0n) is 7.37.